The summed E-state index contributed by atoms with van der Waals surface area (Å²) in [7, 11) is 1.98. The molecule has 4 atom stereocenters. The Balaban J connectivity index is 1.74. The minimum atomic E-state index is -0.585. The number of imidazole rings is 1. The molecule has 0 radical (unpaired) electrons. The summed E-state index contributed by atoms with van der Waals surface area (Å²) in [6.07, 6.45) is 4.95. The predicted molar refractivity (Wildman–Crippen MR) is 89.7 cm³/mol. The van der Waals surface area contributed by atoms with Gasteiger partial charge in [-0.15, -0.1) is 11.3 Å². The van der Waals surface area contributed by atoms with Crippen LogP contribution in [0.3, 0.4) is 0 Å². The number of ether oxygens (including phenoxy) is 1. The number of aryl methyl sites for hydroxylation is 1. The molecule has 2 aliphatic heterocycles. The first-order valence-corrected chi connectivity index (χ1v) is 9.02. The zero-order valence-electron chi connectivity index (χ0n) is 13.1. The highest BCUT2D eigenvalue weighted by Crippen LogP contribution is 2.51. The molecular weight excluding hydrogens is 334 g/mol. The number of aliphatic hydroxyl groups excluding tert-OH is 1. The van der Waals surface area contributed by atoms with Crippen molar-refractivity contribution in [2.45, 2.75) is 43.6 Å². The Morgan fingerprint density at radius 3 is 3.09 bits per heavy atom. The number of piperidine rings is 1. The highest BCUT2D eigenvalue weighted by Gasteiger charge is 2.48. The molecular formula is C16H20ClN3O2S. The van der Waals surface area contributed by atoms with E-state index < -0.39 is 6.10 Å². The van der Waals surface area contributed by atoms with E-state index in [0.29, 0.717) is 17.0 Å². The number of aliphatic hydroxyl groups is 1. The number of nitrogens with one attached hydrogen (secondary N) is 1. The third-order valence-electron chi connectivity index (χ3n) is 4.76. The van der Waals surface area contributed by atoms with Crippen molar-refractivity contribution in [2.24, 2.45) is 7.05 Å². The van der Waals surface area contributed by atoms with Gasteiger partial charge in [-0.3, -0.25) is 0 Å². The molecule has 0 saturated carbocycles. The van der Waals surface area contributed by atoms with Gasteiger partial charge in [0.25, 0.3) is 0 Å². The van der Waals surface area contributed by atoms with Gasteiger partial charge >= 0.3 is 0 Å². The van der Waals surface area contributed by atoms with Crippen molar-refractivity contribution in [2.75, 3.05) is 6.61 Å². The summed E-state index contributed by atoms with van der Waals surface area (Å²) >= 11 is 7.76. The molecule has 2 aromatic heterocycles. The summed E-state index contributed by atoms with van der Waals surface area (Å²) in [4.78, 5) is 5.58. The first-order valence-electron chi connectivity index (χ1n) is 7.82. The van der Waals surface area contributed by atoms with E-state index in [4.69, 9.17) is 16.3 Å². The summed E-state index contributed by atoms with van der Waals surface area (Å²) < 4.78 is 8.88. The van der Waals surface area contributed by atoms with Gasteiger partial charge in [0, 0.05) is 36.1 Å². The molecule has 4 heterocycles. The molecule has 23 heavy (non-hydrogen) atoms. The molecule has 2 aromatic rings. The molecule has 2 aliphatic rings. The average molecular weight is 354 g/mol. The zero-order chi connectivity index (χ0) is 16.2. The SMILES string of the molecule is C[C@H]1C[C@@]2(C[C@@H](c3cn(C)cn3)N1)OCC(O)c1cc(Cl)sc12. The molecule has 4 rings (SSSR count). The van der Waals surface area contributed by atoms with Crippen molar-refractivity contribution in [3.8, 4) is 0 Å². The van der Waals surface area contributed by atoms with Gasteiger partial charge in [0.05, 0.1) is 29.0 Å². The van der Waals surface area contributed by atoms with E-state index in [1.54, 1.807) is 0 Å². The summed E-state index contributed by atoms with van der Waals surface area (Å²) in [5.74, 6) is 0. The van der Waals surface area contributed by atoms with Crippen molar-refractivity contribution in [3.05, 3.63) is 39.1 Å². The summed E-state index contributed by atoms with van der Waals surface area (Å²) in [5, 5.41) is 13.9. The number of nitrogens with zero attached hydrogens (tertiary/aromatic N) is 2. The van der Waals surface area contributed by atoms with Gasteiger partial charge in [-0.05, 0) is 19.4 Å². The second-order valence-electron chi connectivity index (χ2n) is 6.65. The molecule has 2 N–H and O–H groups in total. The van der Waals surface area contributed by atoms with Crippen LogP contribution in [0.25, 0.3) is 0 Å². The van der Waals surface area contributed by atoms with Gasteiger partial charge in [-0.2, -0.15) is 0 Å². The van der Waals surface area contributed by atoms with Crippen LogP contribution < -0.4 is 5.32 Å². The van der Waals surface area contributed by atoms with E-state index in [9.17, 15) is 5.11 Å². The van der Waals surface area contributed by atoms with Gasteiger partial charge < -0.3 is 19.7 Å². The van der Waals surface area contributed by atoms with E-state index in [2.05, 4.69) is 17.2 Å². The van der Waals surface area contributed by atoms with Crippen molar-refractivity contribution >= 4 is 22.9 Å². The number of hydrogen-bond acceptors (Lipinski definition) is 5. The van der Waals surface area contributed by atoms with Gasteiger partial charge in [0.1, 0.15) is 11.7 Å². The molecule has 1 unspecified atom stereocenters. The van der Waals surface area contributed by atoms with E-state index in [0.717, 1.165) is 29.0 Å². The molecule has 1 spiro atoms. The fraction of sp³-hybridized carbons (Fsp3) is 0.562. The summed E-state index contributed by atoms with van der Waals surface area (Å²) in [5.41, 5.74) is 1.57. The molecule has 0 bridgehead atoms. The molecule has 0 aliphatic carbocycles. The quantitative estimate of drug-likeness (QED) is 0.827. The van der Waals surface area contributed by atoms with Crippen LogP contribution in [-0.4, -0.2) is 27.3 Å². The Bertz CT molecular complexity index is 731. The maximum Gasteiger partial charge on any atom is 0.106 e. The van der Waals surface area contributed by atoms with E-state index in [1.165, 1.54) is 11.3 Å². The zero-order valence-corrected chi connectivity index (χ0v) is 14.7. The molecule has 5 nitrogen and oxygen atoms in total. The van der Waals surface area contributed by atoms with Crippen molar-refractivity contribution in [1.29, 1.82) is 0 Å². The van der Waals surface area contributed by atoms with Crippen LogP contribution in [0, 0.1) is 0 Å². The third kappa shape index (κ3) is 2.62. The Labute approximate surface area is 144 Å². The lowest BCUT2D eigenvalue weighted by molar-refractivity contribution is -0.129. The Morgan fingerprint density at radius 1 is 1.52 bits per heavy atom. The number of rotatable bonds is 1. The lowest BCUT2D eigenvalue weighted by Gasteiger charge is -2.46. The second-order valence-corrected chi connectivity index (χ2v) is 8.33. The van der Waals surface area contributed by atoms with Crippen LogP contribution >= 0.6 is 22.9 Å². The first-order chi connectivity index (χ1) is 11.0. The van der Waals surface area contributed by atoms with E-state index in [1.807, 2.05) is 30.2 Å². The number of halogens is 1. The van der Waals surface area contributed by atoms with Crippen molar-refractivity contribution in [3.63, 3.8) is 0 Å². The topological polar surface area (TPSA) is 59.3 Å². The normalized spacial score (nSPS) is 33.8. The number of thiophene rings is 1. The highest BCUT2D eigenvalue weighted by atomic mass is 35.5. The highest BCUT2D eigenvalue weighted by molar-refractivity contribution is 7.16. The molecule has 124 valence electrons. The van der Waals surface area contributed by atoms with Crippen LogP contribution in [-0.2, 0) is 17.4 Å². The lowest BCUT2D eigenvalue weighted by Crippen LogP contribution is -2.50. The summed E-state index contributed by atoms with van der Waals surface area (Å²) in [6, 6.07) is 2.31. The smallest absolute Gasteiger partial charge is 0.106 e. The van der Waals surface area contributed by atoms with Crippen LogP contribution in [0.15, 0.2) is 18.6 Å². The van der Waals surface area contributed by atoms with Crippen LogP contribution in [0.2, 0.25) is 4.34 Å². The lowest BCUT2D eigenvalue weighted by atomic mass is 9.79. The van der Waals surface area contributed by atoms with E-state index >= 15 is 0 Å². The Kier molecular flexibility index (Phi) is 3.77. The fourth-order valence-electron chi connectivity index (χ4n) is 3.85. The maximum atomic E-state index is 10.2. The molecule has 1 fully saturated rings. The van der Waals surface area contributed by atoms with Crippen molar-refractivity contribution in [1.82, 2.24) is 14.9 Å². The van der Waals surface area contributed by atoms with Crippen LogP contribution in [0.4, 0.5) is 0 Å². The third-order valence-corrected chi connectivity index (χ3v) is 6.22. The fourth-order valence-corrected chi connectivity index (χ4v) is 5.30. The van der Waals surface area contributed by atoms with Crippen molar-refractivity contribution < 1.29 is 9.84 Å². The Hall–Kier alpha value is -0.920. The van der Waals surface area contributed by atoms with Gasteiger partial charge in [-0.1, -0.05) is 11.6 Å². The molecule has 1 saturated heterocycles. The Morgan fingerprint density at radius 2 is 2.35 bits per heavy atom. The number of fused-ring (bicyclic) bond motifs is 2. The van der Waals surface area contributed by atoms with Gasteiger partial charge in [0.15, 0.2) is 0 Å². The van der Waals surface area contributed by atoms with Crippen LogP contribution in [0.5, 0.6) is 0 Å². The monoisotopic (exact) mass is 353 g/mol. The average Bonchev–Trinajstić information content (AvgIpc) is 3.10. The largest absolute Gasteiger partial charge is 0.386 e. The van der Waals surface area contributed by atoms with E-state index in [-0.39, 0.29) is 11.6 Å². The molecule has 0 amide bonds. The minimum absolute atomic E-state index is 0.129. The standard InChI is InChI=1S/C16H20ClN3O2S/c1-9-4-16(5-11(19-9)12-6-20(2)8-18-12)15-10(3-14(17)23-15)13(21)7-22-16/h3,6,8-9,11,13,19,21H,4-5,7H2,1-2H3/t9-,11-,13?,16-/m0/s1. The molecule has 0 aromatic carbocycles. The number of hydrogen-bond donors (Lipinski definition) is 2. The predicted octanol–water partition coefficient (Wildman–Crippen LogP) is 2.91. The summed E-state index contributed by atoms with van der Waals surface area (Å²) in [6.45, 7) is 2.49. The second kappa shape index (κ2) is 5.57. The number of aromatic nitrogens is 2. The maximum absolute atomic E-state index is 10.2. The minimum Gasteiger partial charge on any atom is -0.386 e. The van der Waals surface area contributed by atoms with Crippen LogP contribution in [0.1, 0.15) is 48.0 Å². The molecule has 7 heteroatoms. The van der Waals surface area contributed by atoms with Gasteiger partial charge in [-0.25, -0.2) is 4.98 Å². The first kappa shape index (κ1) is 15.6. The van der Waals surface area contributed by atoms with Gasteiger partial charge in [0.2, 0.25) is 0 Å².